The number of hydrogen-bond acceptors (Lipinski definition) is 5. The lowest BCUT2D eigenvalue weighted by molar-refractivity contribution is -0.137. The topological polar surface area (TPSA) is 73.6 Å². The predicted molar refractivity (Wildman–Crippen MR) is 96.2 cm³/mol. The molecule has 136 valence electrons. The molecule has 0 aliphatic heterocycles. The van der Waals surface area contributed by atoms with Gasteiger partial charge in [0.2, 0.25) is 5.95 Å². The third-order valence-electron chi connectivity index (χ3n) is 3.51. The molecule has 0 amide bonds. The highest BCUT2D eigenvalue weighted by Gasteiger charge is 2.31. The fourth-order valence-electron chi connectivity index (χ4n) is 2.23. The van der Waals surface area contributed by atoms with Crippen LogP contribution in [0.15, 0.2) is 54.7 Å². The third-order valence-corrected chi connectivity index (χ3v) is 3.84. The van der Waals surface area contributed by atoms with Crippen molar-refractivity contribution in [3.8, 4) is 6.07 Å². The molecule has 0 bridgehead atoms. The first-order valence-corrected chi connectivity index (χ1v) is 7.97. The minimum Gasteiger partial charge on any atom is -0.339 e. The van der Waals surface area contributed by atoms with Crippen molar-refractivity contribution in [2.45, 2.75) is 6.18 Å². The molecular formula is C18H11ClF3N5. The summed E-state index contributed by atoms with van der Waals surface area (Å²) >= 11 is 5.98. The van der Waals surface area contributed by atoms with E-state index in [0.29, 0.717) is 11.3 Å². The van der Waals surface area contributed by atoms with Crippen LogP contribution in [0.3, 0.4) is 0 Å². The first kappa shape index (κ1) is 18.5. The zero-order valence-corrected chi connectivity index (χ0v) is 14.3. The summed E-state index contributed by atoms with van der Waals surface area (Å²) in [6.45, 7) is 0. The standard InChI is InChI=1S/C18H11ClF3N5/c19-13-6-5-12(18(20,21)22)9-15(13)25-16-7-8-24-17(27-16)26-14-4-2-1-3-11(14)10-23/h1-9H,(H2,24,25,26,27). The second-order valence-corrected chi connectivity index (χ2v) is 5.77. The van der Waals surface area contributed by atoms with Gasteiger partial charge in [-0.3, -0.25) is 0 Å². The molecule has 0 saturated carbocycles. The van der Waals surface area contributed by atoms with Gasteiger partial charge in [-0.25, -0.2) is 4.98 Å². The number of alkyl halides is 3. The highest BCUT2D eigenvalue weighted by Crippen LogP contribution is 2.34. The molecule has 0 radical (unpaired) electrons. The van der Waals surface area contributed by atoms with Crippen LogP contribution in [0.5, 0.6) is 0 Å². The fraction of sp³-hybridized carbons (Fsp3) is 0.0556. The van der Waals surface area contributed by atoms with Gasteiger partial charge in [0.15, 0.2) is 0 Å². The Balaban J connectivity index is 1.86. The smallest absolute Gasteiger partial charge is 0.339 e. The van der Waals surface area contributed by atoms with Crippen molar-refractivity contribution in [2.24, 2.45) is 0 Å². The van der Waals surface area contributed by atoms with Crippen LogP contribution in [0, 0.1) is 11.3 Å². The number of aromatic nitrogens is 2. The SMILES string of the molecule is N#Cc1ccccc1Nc1nccc(Nc2cc(C(F)(F)F)ccc2Cl)n1. The van der Waals surface area contributed by atoms with Gasteiger partial charge in [-0.1, -0.05) is 23.7 Å². The van der Waals surface area contributed by atoms with Crippen LogP contribution >= 0.6 is 11.6 Å². The van der Waals surface area contributed by atoms with Gasteiger partial charge in [-0.15, -0.1) is 0 Å². The molecule has 2 N–H and O–H groups in total. The summed E-state index contributed by atoms with van der Waals surface area (Å²) in [7, 11) is 0. The number of nitriles is 1. The maximum absolute atomic E-state index is 12.9. The number of para-hydroxylation sites is 1. The normalized spacial score (nSPS) is 10.9. The van der Waals surface area contributed by atoms with Crippen molar-refractivity contribution >= 4 is 34.7 Å². The third kappa shape index (κ3) is 4.46. The Hall–Kier alpha value is -3.31. The highest BCUT2D eigenvalue weighted by molar-refractivity contribution is 6.33. The van der Waals surface area contributed by atoms with Gasteiger partial charge < -0.3 is 10.6 Å². The van der Waals surface area contributed by atoms with Crippen LogP contribution in [0.1, 0.15) is 11.1 Å². The van der Waals surface area contributed by atoms with Crippen LogP contribution in [0.25, 0.3) is 0 Å². The van der Waals surface area contributed by atoms with E-state index >= 15 is 0 Å². The number of hydrogen-bond donors (Lipinski definition) is 2. The molecule has 0 atom stereocenters. The van der Waals surface area contributed by atoms with Gasteiger partial charge in [0.25, 0.3) is 0 Å². The molecule has 9 heteroatoms. The molecule has 3 aromatic rings. The van der Waals surface area contributed by atoms with E-state index in [1.165, 1.54) is 12.3 Å². The van der Waals surface area contributed by atoms with E-state index < -0.39 is 11.7 Å². The number of anilines is 4. The Kier molecular flexibility index (Phi) is 5.14. The molecule has 3 rings (SSSR count). The summed E-state index contributed by atoms with van der Waals surface area (Å²) in [5.41, 5.74) is 0.146. The highest BCUT2D eigenvalue weighted by atomic mass is 35.5. The van der Waals surface area contributed by atoms with E-state index in [4.69, 9.17) is 16.9 Å². The van der Waals surface area contributed by atoms with Crippen molar-refractivity contribution in [3.05, 3.63) is 70.9 Å². The maximum Gasteiger partial charge on any atom is 0.416 e. The quantitative estimate of drug-likeness (QED) is 0.615. The van der Waals surface area contributed by atoms with E-state index in [1.54, 1.807) is 24.3 Å². The van der Waals surface area contributed by atoms with E-state index in [0.717, 1.165) is 18.2 Å². The zero-order chi connectivity index (χ0) is 19.4. The van der Waals surface area contributed by atoms with Gasteiger partial charge in [0.1, 0.15) is 11.9 Å². The molecule has 0 saturated heterocycles. The first-order valence-electron chi connectivity index (χ1n) is 7.60. The Morgan fingerprint density at radius 1 is 1.00 bits per heavy atom. The number of nitrogens with zero attached hydrogens (tertiary/aromatic N) is 3. The number of nitrogens with one attached hydrogen (secondary N) is 2. The van der Waals surface area contributed by atoms with E-state index in [-0.39, 0.29) is 22.5 Å². The lowest BCUT2D eigenvalue weighted by Gasteiger charge is -2.13. The van der Waals surface area contributed by atoms with Crippen LogP contribution in [-0.4, -0.2) is 9.97 Å². The summed E-state index contributed by atoms with van der Waals surface area (Å²) in [5, 5.41) is 14.9. The Morgan fingerprint density at radius 3 is 2.52 bits per heavy atom. The van der Waals surface area contributed by atoms with E-state index in [2.05, 4.69) is 20.6 Å². The van der Waals surface area contributed by atoms with Crippen molar-refractivity contribution in [2.75, 3.05) is 10.6 Å². The zero-order valence-electron chi connectivity index (χ0n) is 13.5. The number of halogens is 4. The summed E-state index contributed by atoms with van der Waals surface area (Å²) in [6.07, 6.45) is -3.06. The lowest BCUT2D eigenvalue weighted by atomic mass is 10.2. The molecule has 2 aromatic carbocycles. The van der Waals surface area contributed by atoms with Crippen LogP contribution < -0.4 is 10.6 Å². The Morgan fingerprint density at radius 2 is 1.78 bits per heavy atom. The van der Waals surface area contributed by atoms with Crippen molar-refractivity contribution in [3.63, 3.8) is 0 Å². The summed E-state index contributed by atoms with van der Waals surface area (Å²) in [5.74, 6) is 0.411. The van der Waals surface area contributed by atoms with Crippen molar-refractivity contribution < 1.29 is 13.2 Å². The summed E-state index contributed by atoms with van der Waals surface area (Å²) in [6, 6.07) is 13.3. The van der Waals surface area contributed by atoms with E-state index in [9.17, 15) is 13.2 Å². The molecule has 1 heterocycles. The second-order valence-electron chi connectivity index (χ2n) is 5.37. The molecule has 1 aromatic heterocycles. The van der Waals surface area contributed by atoms with Gasteiger partial charge in [0, 0.05) is 6.20 Å². The molecule has 0 unspecified atom stereocenters. The number of rotatable bonds is 4. The molecule has 0 aliphatic rings. The largest absolute Gasteiger partial charge is 0.416 e. The lowest BCUT2D eigenvalue weighted by Crippen LogP contribution is -2.06. The molecule has 0 aliphatic carbocycles. The molecular weight excluding hydrogens is 379 g/mol. The van der Waals surface area contributed by atoms with E-state index in [1.807, 2.05) is 6.07 Å². The maximum atomic E-state index is 12.9. The minimum atomic E-state index is -4.49. The predicted octanol–water partition coefficient (Wildman–Crippen LogP) is 5.51. The minimum absolute atomic E-state index is 0.0635. The van der Waals surface area contributed by atoms with Crippen LogP contribution in [0.4, 0.5) is 36.3 Å². The van der Waals surface area contributed by atoms with Crippen LogP contribution in [0.2, 0.25) is 5.02 Å². The van der Waals surface area contributed by atoms with Gasteiger partial charge in [0.05, 0.1) is 27.5 Å². The Bertz CT molecular complexity index is 1010. The second kappa shape index (κ2) is 7.51. The Labute approximate surface area is 157 Å². The van der Waals surface area contributed by atoms with Gasteiger partial charge in [-0.05, 0) is 36.4 Å². The van der Waals surface area contributed by atoms with Gasteiger partial charge in [-0.2, -0.15) is 23.4 Å². The molecule has 5 nitrogen and oxygen atoms in total. The van der Waals surface area contributed by atoms with Gasteiger partial charge >= 0.3 is 6.18 Å². The fourth-order valence-corrected chi connectivity index (χ4v) is 2.40. The van der Waals surface area contributed by atoms with Crippen molar-refractivity contribution in [1.82, 2.24) is 9.97 Å². The molecule has 0 fully saturated rings. The molecule has 0 spiro atoms. The first-order chi connectivity index (χ1) is 12.9. The average molecular weight is 390 g/mol. The number of benzene rings is 2. The monoisotopic (exact) mass is 389 g/mol. The summed E-state index contributed by atoms with van der Waals surface area (Å²) in [4.78, 5) is 8.24. The summed E-state index contributed by atoms with van der Waals surface area (Å²) < 4.78 is 38.7. The van der Waals surface area contributed by atoms with Crippen molar-refractivity contribution in [1.29, 1.82) is 5.26 Å². The van der Waals surface area contributed by atoms with Crippen LogP contribution in [-0.2, 0) is 6.18 Å². The average Bonchev–Trinajstić information content (AvgIpc) is 2.63. The molecule has 27 heavy (non-hydrogen) atoms.